The number of hydrogen-bond donors (Lipinski definition) is 0. The molecule has 0 aliphatic carbocycles. The lowest BCUT2D eigenvalue weighted by Crippen LogP contribution is -2.47. The lowest BCUT2D eigenvalue weighted by Gasteiger charge is -2.37. The third kappa shape index (κ3) is 4.06. The molecule has 1 aliphatic heterocycles. The van der Waals surface area contributed by atoms with Crippen LogP contribution >= 0.6 is 0 Å². The molecule has 1 aromatic heterocycles. The van der Waals surface area contributed by atoms with Crippen LogP contribution in [0.1, 0.15) is 30.6 Å². The van der Waals surface area contributed by atoms with E-state index in [1.165, 1.54) is 27.3 Å². The molecule has 0 N–H and O–H groups in total. The van der Waals surface area contributed by atoms with Gasteiger partial charge in [-0.05, 0) is 37.3 Å². The summed E-state index contributed by atoms with van der Waals surface area (Å²) in [6.45, 7) is 0.914. The molecule has 1 aliphatic rings. The van der Waals surface area contributed by atoms with Crippen molar-refractivity contribution in [2.45, 2.75) is 33.4 Å². The largest absolute Gasteiger partial charge is 0.435 e. The molecule has 7 nitrogen and oxygen atoms in total. The molecular weight excluding hydrogens is 442 g/mol. The lowest BCUT2D eigenvalue weighted by molar-refractivity contribution is -0.0498. The summed E-state index contributed by atoms with van der Waals surface area (Å²) < 4.78 is 55.6. The predicted octanol–water partition coefficient (Wildman–Crippen LogP) is 3.42. The maximum Gasteiger partial charge on any atom is 0.387 e. The molecule has 0 atom stereocenters. The zero-order valence-electron chi connectivity index (χ0n) is 17.5. The summed E-state index contributed by atoms with van der Waals surface area (Å²) in [5, 5.41) is 0. The van der Waals surface area contributed by atoms with Gasteiger partial charge in [-0.3, -0.25) is 13.9 Å². The van der Waals surface area contributed by atoms with Gasteiger partial charge in [0.2, 0.25) is 0 Å². The van der Waals surface area contributed by atoms with Gasteiger partial charge in [0.05, 0.1) is 28.2 Å². The molecule has 10 heteroatoms. The zero-order chi connectivity index (χ0) is 23.3. The second-order valence-corrected chi connectivity index (χ2v) is 10.4. The summed E-state index contributed by atoms with van der Waals surface area (Å²) in [5.74, 6) is -0.293. The van der Waals surface area contributed by atoms with Crippen molar-refractivity contribution in [3.8, 4) is 11.4 Å². The number of nitrogens with zero attached hydrogens (tertiary/aromatic N) is 2. The van der Waals surface area contributed by atoms with E-state index in [1.54, 1.807) is 38.1 Å². The minimum absolute atomic E-state index is 0.0128. The summed E-state index contributed by atoms with van der Waals surface area (Å²) in [6, 6.07) is 10.7. The number of aryl methyl sites for hydroxylation is 1. The number of carbonyl (C=O) groups excluding carboxylic acids is 1. The normalized spacial score (nSPS) is 16.8. The molecule has 0 unspecified atom stereocenters. The second kappa shape index (κ2) is 7.84. The monoisotopic (exact) mass is 464 g/mol. The van der Waals surface area contributed by atoms with Crippen LogP contribution in [0.5, 0.6) is 5.75 Å². The Bertz CT molecular complexity index is 1360. The molecular formula is C22H22F2N2O5S. The lowest BCUT2D eigenvalue weighted by atomic mass is 9.86. The molecule has 4 rings (SSSR count). The van der Waals surface area contributed by atoms with Crippen LogP contribution in [-0.2, 0) is 16.4 Å². The van der Waals surface area contributed by atoms with Gasteiger partial charge >= 0.3 is 12.3 Å². The van der Waals surface area contributed by atoms with E-state index in [0.29, 0.717) is 28.8 Å². The number of hydrogen-bond acceptors (Lipinski definition) is 5. The standard InChI is InChI=1S/C22H22F2N2O5S/c1-3-25-18-9-14(19(27)11-22(2)12-32(29,30)13-22)7-8-17(18)26(21(25)28)15-5-4-6-16(10-15)31-20(23)24/h4-10,20H,3,11-13H2,1-2H3. The van der Waals surface area contributed by atoms with Crippen molar-refractivity contribution in [2.75, 3.05) is 11.5 Å². The number of ether oxygens (including phenoxy) is 1. The van der Waals surface area contributed by atoms with Gasteiger partial charge in [0.15, 0.2) is 15.6 Å². The van der Waals surface area contributed by atoms with Crippen molar-refractivity contribution in [3.05, 3.63) is 58.5 Å². The first-order valence-corrected chi connectivity index (χ1v) is 11.9. The fourth-order valence-electron chi connectivity index (χ4n) is 4.39. The number of fused-ring (bicyclic) bond motifs is 1. The Balaban J connectivity index is 1.74. The van der Waals surface area contributed by atoms with Crippen LogP contribution < -0.4 is 10.4 Å². The van der Waals surface area contributed by atoms with Crippen LogP contribution in [0.4, 0.5) is 8.78 Å². The van der Waals surface area contributed by atoms with Gasteiger partial charge in [0.25, 0.3) is 0 Å². The first kappa shape index (κ1) is 22.2. The number of alkyl halides is 2. The number of halogens is 2. The summed E-state index contributed by atoms with van der Waals surface area (Å²) in [4.78, 5) is 25.9. The molecule has 1 saturated heterocycles. The smallest absolute Gasteiger partial charge is 0.387 e. The van der Waals surface area contributed by atoms with Crippen LogP contribution in [0.3, 0.4) is 0 Å². The van der Waals surface area contributed by atoms with E-state index in [4.69, 9.17) is 0 Å². The van der Waals surface area contributed by atoms with Gasteiger partial charge < -0.3 is 4.74 Å². The fourth-order valence-corrected chi connectivity index (χ4v) is 6.64. The fraction of sp³-hybridized carbons (Fsp3) is 0.364. The zero-order valence-corrected chi connectivity index (χ0v) is 18.4. The molecule has 32 heavy (non-hydrogen) atoms. The number of sulfone groups is 1. The summed E-state index contributed by atoms with van der Waals surface area (Å²) in [6.07, 6.45) is 0.0990. The van der Waals surface area contributed by atoms with Crippen LogP contribution in [-0.4, -0.2) is 41.5 Å². The Morgan fingerprint density at radius 2 is 1.88 bits per heavy atom. The van der Waals surface area contributed by atoms with Gasteiger partial charge in [-0.1, -0.05) is 13.0 Å². The van der Waals surface area contributed by atoms with E-state index in [2.05, 4.69) is 4.74 Å². The van der Waals surface area contributed by atoms with Crippen molar-refractivity contribution in [3.63, 3.8) is 0 Å². The van der Waals surface area contributed by atoms with Crippen molar-refractivity contribution < 1.29 is 26.7 Å². The first-order valence-electron chi connectivity index (χ1n) is 10.1. The molecule has 0 bridgehead atoms. The molecule has 3 aromatic rings. The third-order valence-corrected chi connectivity index (χ3v) is 7.87. The SMILES string of the molecule is CCn1c(=O)n(-c2cccc(OC(F)F)c2)c2ccc(C(=O)CC3(C)CS(=O)(=O)C3)cc21. The van der Waals surface area contributed by atoms with Crippen molar-refractivity contribution >= 4 is 26.7 Å². The topological polar surface area (TPSA) is 87.4 Å². The van der Waals surface area contributed by atoms with Gasteiger partial charge in [0, 0.05) is 30.0 Å². The van der Waals surface area contributed by atoms with Crippen molar-refractivity contribution in [2.24, 2.45) is 5.41 Å². The third-order valence-electron chi connectivity index (χ3n) is 5.59. The van der Waals surface area contributed by atoms with E-state index >= 15 is 0 Å². The number of carbonyl (C=O) groups is 1. The first-order chi connectivity index (χ1) is 15.0. The molecule has 0 saturated carbocycles. The van der Waals surface area contributed by atoms with E-state index in [-0.39, 0.29) is 35.1 Å². The highest BCUT2D eigenvalue weighted by atomic mass is 32.2. The molecule has 1 fully saturated rings. The second-order valence-electron chi connectivity index (χ2n) is 8.38. The Hall–Kier alpha value is -3.01. The summed E-state index contributed by atoms with van der Waals surface area (Å²) in [5.41, 5.74) is 0.828. The number of ketones is 1. The average molecular weight is 464 g/mol. The Kier molecular flexibility index (Phi) is 5.44. The molecule has 0 radical (unpaired) electrons. The molecule has 0 spiro atoms. The average Bonchev–Trinajstić information content (AvgIpc) is 2.96. The summed E-state index contributed by atoms with van der Waals surface area (Å²) >= 11 is 0. The van der Waals surface area contributed by atoms with Gasteiger partial charge in [0.1, 0.15) is 5.75 Å². The van der Waals surface area contributed by atoms with E-state index in [1.807, 2.05) is 0 Å². The minimum Gasteiger partial charge on any atom is -0.435 e. The molecule has 0 amide bonds. The Labute approximate surface area is 183 Å². The number of imidazole rings is 1. The van der Waals surface area contributed by atoms with Crippen LogP contribution in [0.2, 0.25) is 0 Å². The molecule has 170 valence electrons. The quantitative estimate of drug-likeness (QED) is 0.500. The van der Waals surface area contributed by atoms with E-state index < -0.39 is 21.9 Å². The Morgan fingerprint density at radius 1 is 1.16 bits per heavy atom. The number of Topliss-reactive ketones (excluding diaryl/α,β-unsaturated/α-hetero) is 1. The number of rotatable bonds is 7. The highest BCUT2D eigenvalue weighted by Crippen LogP contribution is 2.37. The van der Waals surface area contributed by atoms with Gasteiger partial charge in [-0.15, -0.1) is 0 Å². The predicted molar refractivity (Wildman–Crippen MR) is 116 cm³/mol. The van der Waals surface area contributed by atoms with Gasteiger partial charge in [-0.2, -0.15) is 8.78 Å². The Morgan fingerprint density at radius 3 is 2.50 bits per heavy atom. The van der Waals surface area contributed by atoms with Crippen LogP contribution in [0.15, 0.2) is 47.3 Å². The van der Waals surface area contributed by atoms with Crippen molar-refractivity contribution in [1.29, 1.82) is 0 Å². The van der Waals surface area contributed by atoms with E-state index in [0.717, 1.165) is 0 Å². The van der Waals surface area contributed by atoms with Gasteiger partial charge in [-0.25, -0.2) is 13.2 Å². The number of benzene rings is 2. The van der Waals surface area contributed by atoms with E-state index in [9.17, 15) is 26.8 Å². The molecule has 2 aromatic carbocycles. The van der Waals surface area contributed by atoms with Crippen LogP contribution in [0, 0.1) is 5.41 Å². The maximum absolute atomic E-state index is 13.1. The highest BCUT2D eigenvalue weighted by molar-refractivity contribution is 7.92. The van der Waals surface area contributed by atoms with Crippen molar-refractivity contribution in [1.82, 2.24) is 9.13 Å². The number of aromatic nitrogens is 2. The molecule has 2 heterocycles. The van der Waals surface area contributed by atoms with Crippen LogP contribution in [0.25, 0.3) is 16.7 Å². The maximum atomic E-state index is 13.1. The summed E-state index contributed by atoms with van der Waals surface area (Å²) in [7, 11) is -3.06. The highest BCUT2D eigenvalue weighted by Gasteiger charge is 2.45. The minimum atomic E-state index is -3.06.